The standard InChI is InChI=1S/C27H30O17/c1-39-21-12(32)5-13-15(17(21)34)18(35)22(20(41-13)9-2-3-10(30)11(31)4-9)43-25-23(19(36)16(33)14(6-28)42-25)44-26-24(37)27(38,7-29)8-40-26/h2-5,14,16,19,23-26,28-34,36-38H,6-8H2,1H3/t14-,16-,19+,23-,24+,25-,26+,27-/m1/s1. The van der Waals surface area contributed by atoms with E-state index in [2.05, 4.69) is 0 Å². The number of phenols is 4. The lowest BCUT2D eigenvalue weighted by Gasteiger charge is -2.42. The van der Waals surface area contributed by atoms with E-state index in [0.29, 0.717) is 0 Å². The van der Waals surface area contributed by atoms with Crippen LogP contribution in [0.15, 0.2) is 33.5 Å². The molecule has 2 aliphatic rings. The van der Waals surface area contributed by atoms with Crippen LogP contribution in [0.4, 0.5) is 0 Å². The van der Waals surface area contributed by atoms with Crippen LogP contribution in [0, 0.1) is 0 Å². The third-order valence-corrected chi connectivity index (χ3v) is 7.42. The van der Waals surface area contributed by atoms with Crippen molar-refractivity contribution >= 4 is 11.0 Å². The van der Waals surface area contributed by atoms with Crippen LogP contribution < -0.4 is 14.9 Å². The third-order valence-electron chi connectivity index (χ3n) is 7.42. The first-order valence-corrected chi connectivity index (χ1v) is 13.0. The predicted octanol–water partition coefficient (Wildman–Crippen LogP) is -2.07. The molecule has 0 saturated carbocycles. The first-order valence-electron chi connectivity index (χ1n) is 13.0. The van der Waals surface area contributed by atoms with Gasteiger partial charge in [0.25, 0.3) is 0 Å². The van der Waals surface area contributed by atoms with Crippen LogP contribution in [0.25, 0.3) is 22.3 Å². The van der Waals surface area contributed by atoms with Gasteiger partial charge in [-0.3, -0.25) is 4.79 Å². The number of benzene rings is 2. The summed E-state index contributed by atoms with van der Waals surface area (Å²) in [5.41, 5.74) is -3.67. The van der Waals surface area contributed by atoms with Crippen LogP contribution in [-0.4, -0.2) is 127 Å². The van der Waals surface area contributed by atoms with Crippen LogP contribution in [0.3, 0.4) is 0 Å². The van der Waals surface area contributed by atoms with Gasteiger partial charge in [-0.25, -0.2) is 0 Å². The van der Waals surface area contributed by atoms with Crippen molar-refractivity contribution in [3.05, 3.63) is 34.5 Å². The molecule has 3 aromatic rings. The van der Waals surface area contributed by atoms with Gasteiger partial charge in [-0.2, -0.15) is 0 Å². The molecule has 3 heterocycles. The van der Waals surface area contributed by atoms with Crippen molar-refractivity contribution < 1.29 is 79.2 Å². The number of ether oxygens (including phenoxy) is 5. The van der Waals surface area contributed by atoms with E-state index < -0.39 is 120 Å². The first-order chi connectivity index (χ1) is 20.8. The zero-order chi connectivity index (χ0) is 32.1. The van der Waals surface area contributed by atoms with E-state index in [-0.39, 0.29) is 11.1 Å². The summed E-state index contributed by atoms with van der Waals surface area (Å²) in [5, 5.41) is 102. The van der Waals surface area contributed by atoms with Gasteiger partial charge >= 0.3 is 0 Å². The highest BCUT2D eigenvalue weighted by Gasteiger charge is 2.53. The third kappa shape index (κ3) is 5.23. The molecule has 2 aromatic carbocycles. The topological polar surface area (TPSA) is 279 Å². The molecule has 17 heteroatoms. The second kappa shape index (κ2) is 11.9. The Morgan fingerprint density at radius 2 is 1.68 bits per heavy atom. The molecular weight excluding hydrogens is 596 g/mol. The summed E-state index contributed by atoms with van der Waals surface area (Å²) in [6, 6.07) is 4.25. The number of methoxy groups -OCH3 is 1. The molecule has 2 fully saturated rings. The minimum Gasteiger partial charge on any atom is -0.504 e. The molecule has 8 atom stereocenters. The van der Waals surface area contributed by atoms with Crippen molar-refractivity contribution in [3.63, 3.8) is 0 Å². The van der Waals surface area contributed by atoms with Crippen molar-refractivity contribution in [2.45, 2.75) is 48.7 Å². The molecule has 0 amide bonds. The lowest BCUT2D eigenvalue weighted by Crippen LogP contribution is -2.62. The fraction of sp³-hybridized carbons (Fsp3) is 0.444. The molecule has 240 valence electrons. The van der Waals surface area contributed by atoms with E-state index in [1.54, 1.807) is 0 Å². The Morgan fingerprint density at radius 3 is 2.30 bits per heavy atom. The van der Waals surface area contributed by atoms with Crippen LogP contribution in [0.1, 0.15) is 0 Å². The second-order valence-electron chi connectivity index (χ2n) is 10.3. The maximum absolute atomic E-state index is 13.9. The highest BCUT2D eigenvalue weighted by molar-refractivity contribution is 5.91. The molecule has 0 bridgehead atoms. The summed E-state index contributed by atoms with van der Waals surface area (Å²) in [6.45, 7) is -2.35. The average molecular weight is 627 g/mol. The lowest BCUT2D eigenvalue weighted by atomic mass is 9.98. The van der Waals surface area contributed by atoms with E-state index in [1.165, 1.54) is 6.07 Å². The molecular formula is C27H30O17. The number of aromatic hydroxyl groups is 4. The Labute approximate surface area is 246 Å². The molecule has 0 spiro atoms. The molecule has 17 nitrogen and oxygen atoms in total. The fourth-order valence-corrected chi connectivity index (χ4v) is 4.93. The maximum Gasteiger partial charge on any atom is 0.239 e. The van der Waals surface area contributed by atoms with E-state index in [9.17, 15) is 55.9 Å². The zero-order valence-corrected chi connectivity index (χ0v) is 22.8. The second-order valence-corrected chi connectivity index (χ2v) is 10.3. The van der Waals surface area contributed by atoms with Crippen LogP contribution >= 0.6 is 0 Å². The number of aliphatic hydroxyl groups excluding tert-OH is 5. The van der Waals surface area contributed by atoms with Crippen LogP contribution in [-0.2, 0) is 14.2 Å². The van der Waals surface area contributed by atoms with E-state index in [1.807, 2.05) is 0 Å². The molecule has 2 aliphatic heterocycles. The largest absolute Gasteiger partial charge is 0.504 e. The molecule has 0 radical (unpaired) electrons. The Morgan fingerprint density at radius 1 is 0.955 bits per heavy atom. The van der Waals surface area contributed by atoms with Crippen molar-refractivity contribution in [1.29, 1.82) is 0 Å². The molecule has 0 unspecified atom stereocenters. The van der Waals surface area contributed by atoms with Gasteiger partial charge in [0.15, 0.2) is 41.2 Å². The highest BCUT2D eigenvalue weighted by atomic mass is 16.8. The minimum atomic E-state index is -2.14. The Hall–Kier alpha value is -3.91. The van der Waals surface area contributed by atoms with Gasteiger partial charge in [-0.1, -0.05) is 0 Å². The predicted molar refractivity (Wildman–Crippen MR) is 142 cm³/mol. The summed E-state index contributed by atoms with van der Waals surface area (Å²) in [4.78, 5) is 13.9. The molecule has 1 aromatic heterocycles. The van der Waals surface area contributed by atoms with Crippen molar-refractivity contribution in [1.82, 2.24) is 0 Å². The SMILES string of the molecule is COc1c(O)cc2oc(-c3ccc(O)c(O)c3)c(O[C@H]3O[C@H](CO)[C@@H](O)[C@H](O)[C@H]3O[C@@H]3OC[C@](O)(CO)[C@H]3O)c(=O)c2c1O. The Kier molecular flexibility index (Phi) is 8.51. The van der Waals surface area contributed by atoms with Crippen molar-refractivity contribution in [3.8, 4) is 45.8 Å². The summed E-state index contributed by atoms with van der Waals surface area (Å²) in [5.74, 6) is -4.27. The lowest BCUT2D eigenvalue weighted by molar-refractivity contribution is -0.319. The first kappa shape index (κ1) is 31.5. The number of aliphatic hydroxyl groups is 6. The number of hydrogen-bond donors (Lipinski definition) is 10. The van der Waals surface area contributed by atoms with Gasteiger partial charge in [0.2, 0.25) is 23.2 Å². The Balaban J connectivity index is 1.65. The molecule has 0 aliphatic carbocycles. The van der Waals surface area contributed by atoms with Gasteiger partial charge in [-0.05, 0) is 18.2 Å². The number of fused-ring (bicyclic) bond motifs is 1. The normalized spacial score (nSPS) is 30.5. The van der Waals surface area contributed by atoms with Crippen LogP contribution in [0.5, 0.6) is 34.5 Å². The quantitative estimate of drug-likeness (QED) is 0.120. The highest BCUT2D eigenvalue weighted by Crippen LogP contribution is 2.44. The van der Waals surface area contributed by atoms with Gasteiger partial charge < -0.3 is 79.2 Å². The summed E-state index contributed by atoms with van der Waals surface area (Å²) in [7, 11) is 1.12. The summed E-state index contributed by atoms with van der Waals surface area (Å²) >= 11 is 0. The average Bonchev–Trinajstić information content (AvgIpc) is 3.28. The molecule has 10 N–H and O–H groups in total. The summed E-state index contributed by atoms with van der Waals surface area (Å²) in [6.07, 6.45) is -12.5. The monoisotopic (exact) mass is 626 g/mol. The van der Waals surface area contributed by atoms with Gasteiger partial charge in [0, 0.05) is 11.6 Å². The van der Waals surface area contributed by atoms with E-state index >= 15 is 0 Å². The molecule has 2 saturated heterocycles. The minimum absolute atomic E-state index is 0.0702. The number of hydrogen-bond acceptors (Lipinski definition) is 17. The maximum atomic E-state index is 13.9. The van der Waals surface area contributed by atoms with Crippen molar-refractivity contribution in [2.75, 3.05) is 26.9 Å². The fourth-order valence-electron chi connectivity index (χ4n) is 4.93. The van der Waals surface area contributed by atoms with E-state index in [0.717, 1.165) is 25.3 Å². The molecule has 44 heavy (non-hydrogen) atoms. The number of rotatable bonds is 8. The van der Waals surface area contributed by atoms with Crippen LogP contribution in [0.2, 0.25) is 0 Å². The van der Waals surface area contributed by atoms with Gasteiger partial charge in [0.1, 0.15) is 41.0 Å². The van der Waals surface area contributed by atoms with Gasteiger partial charge in [0.05, 0.1) is 26.9 Å². The van der Waals surface area contributed by atoms with Gasteiger partial charge in [-0.15, -0.1) is 0 Å². The van der Waals surface area contributed by atoms with E-state index in [4.69, 9.17) is 28.1 Å². The molecule has 5 rings (SSSR count). The zero-order valence-electron chi connectivity index (χ0n) is 22.8. The number of phenolic OH excluding ortho intramolecular Hbond substituents is 4. The smallest absolute Gasteiger partial charge is 0.239 e. The summed E-state index contributed by atoms with van der Waals surface area (Å²) < 4.78 is 33.1. The Bertz CT molecular complexity index is 1590. The van der Waals surface area contributed by atoms with Crippen molar-refractivity contribution in [2.24, 2.45) is 0 Å².